The predicted molar refractivity (Wildman–Crippen MR) is 78.2 cm³/mol. The van der Waals surface area contributed by atoms with Crippen LogP contribution in [-0.2, 0) is 9.59 Å². The van der Waals surface area contributed by atoms with Crippen LogP contribution in [0.15, 0.2) is 18.2 Å². The van der Waals surface area contributed by atoms with E-state index in [1.54, 1.807) is 18.2 Å². The van der Waals surface area contributed by atoms with E-state index in [1.165, 1.54) is 0 Å². The lowest BCUT2D eigenvalue weighted by molar-refractivity contribution is -0.143. The minimum absolute atomic E-state index is 0.194. The SMILES string of the molecule is O=C(O)C1CCCC(C(=O)Nc2cccc(Cl)c2Cl)C1. The van der Waals surface area contributed by atoms with E-state index < -0.39 is 11.9 Å². The van der Waals surface area contributed by atoms with Crippen molar-refractivity contribution < 1.29 is 14.7 Å². The molecular formula is C14H15Cl2NO3. The van der Waals surface area contributed by atoms with Gasteiger partial charge in [0.25, 0.3) is 0 Å². The van der Waals surface area contributed by atoms with Gasteiger partial charge in [-0.1, -0.05) is 35.7 Å². The fourth-order valence-corrected chi connectivity index (χ4v) is 2.84. The number of amides is 1. The van der Waals surface area contributed by atoms with Gasteiger partial charge in [-0.25, -0.2) is 0 Å². The molecule has 0 aliphatic heterocycles. The summed E-state index contributed by atoms with van der Waals surface area (Å²) in [5.74, 6) is -1.75. The Bertz CT molecular complexity index is 533. The zero-order valence-corrected chi connectivity index (χ0v) is 12.2. The Morgan fingerprint density at radius 1 is 1.20 bits per heavy atom. The van der Waals surface area contributed by atoms with Crippen molar-refractivity contribution in [1.82, 2.24) is 0 Å². The maximum absolute atomic E-state index is 12.2. The summed E-state index contributed by atoms with van der Waals surface area (Å²) in [7, 11) is 0. The second-order valence-corrected chi connectivity index (χ2v) is 5.77. The number of carbonyl (C=O) groups excluding carboxylic acids is 1. The van der Waals surface area contributed by atoms with E-state index >= 15 is 0 Å². The summed E-state index contributed by atoms with van der Waals surface area (Å²) in [6.45, 7) is 0. The molecule has 0 aromatic heterocycles. The molecule has 2 atom stereocenters. The molecule has 1 amide bonds. The minimum Gasteiger partial charge on any atom is -0.481 e. The van der Waals surface area contributed by atoms with Gasteiger partial charge in [0.15, 0.2) is 0 Å². The number of anilines is 1. The normalized spacial score (nSPS) is 22.3. The number of nitrogens with one attached hydrogen (secondary N) is 1. The summed E-state index contributed by atoms with van der Waals surface area (Å²) in [4.78, 5) is 23.2. The van der Waals surface area contributed by atoms with Crippen LogP contribution >= 0.6 is 23.2 Å². The molecule has 0 saturated heterocycles. The summed E-state index contributed by atoms with van der Waals surface area (Å²) >= 11 is 11.9. The van der Waals surface area contributed by atoms with Gasteiger partial charge in [-0.05, 0) is 31.4 Å². The first-order valence-corrected chi connectivity index (χ1v) is 7.22. The van der Waals surface area contributed by atoms with Crippen LogP contribution in [-0.4, -0.2) is 17.0 Å². The lowest BCUT2D eigenvalue weighted by Gasteiger charge is -2.25. The Balaban J connectivity index is 2.04. The van der Waals surface area contributed by atoms with Crippen LogP contribution in [0.4, 0.5) is 5.69 Å². The third-order valence-electron chi connectivity index (χ3n) is 3.60. The van der Waals surface area contributed by atoms with Crippen molar-refractivity contribution in [1.29, 1.82) is 0 Å². The number of carboxylic acid groups (broad SMARTS) is 1. The Labute approximate surface area is 127 Å². The van der Waals surface area contributed by atoms with Gasteiger partial charge >= 0.3 is 5.97 Å². The fraction of sp³-hybridized carbons (Fsp3) is 0.429. The van der Waals surface area contributed by atoms with Gasteiger partial charge in [0, 0.05) is 5.92 Å². The van der Waals surface area contributed by atoms with Crippen LogP contribution in [0.5, 0.6) is 0 Å². The van der Waals surface area contributed by atoms with Gasteiger partial charge in [-0.2, -0.15) is 0 Å². The molecule has 0 bridgehead atoms. The van der Waals surface area contributed by atoms with Crippen LogP contribution in [0.1, 0.15) is 25.7 Å². The number of hydrogen-bond acceptors (Lipinski definition) is 2. The molecule has 1 fully saturated rings. The highest BCUT2D eigenvalue weighted by molar-refractivity contribution is 6.44. The van der Waals surface area contributed by atoms with E-state index in [2.05, 4.69) is 5.32 Å². The molecule has 4 nitrogen and oxygen atoms in total. The van der Waals surface area contributed by atoms with Crippen molar-refractivity contribution >= 4 is 40.8 Å². The summed E-state index contributed by atoms with van der Waals surface area (Å²) in [5, 5.41) is 12.4. The summed E-state index contributed by atoms with van der Waals surface area (Å²) in [6, 6.07) is 5.01. The van der Waals surface area contributed by atoms with Crippen molar-refractivity contribution in [3.8, 4) is 0 Å². The van der Waals surface area contributed by atoms with Gasteiger partial charge in [0.2, 0.25) is 5.91 Å². The topological polar surface area (TPSA) is 66.4 Å². The zero-order chi connectivity index (χ0) is 14.7. The van der Waals surface area contributed by atoms with Crippen LogP contribution in [0.2, 0.25) is 10.0 Å². The number of carboxylic acids is 1. The summed E-state index contributed by atoms with van der Waals surface area (Å²) in [5.41, 5.74) is 0.460. The number of carbonyl (C=O) groups is 2. The molecule has 1 saturated carbocycles. The van der Waals surface area contributed by atoms with E-state index in [1.807, 2.05) is 0 Å². The van der Waals surface area contributed by atoms with Crippen LogP contribution < -0.4 is 5.32 Å². The number of rotatable bonds is 3. The van der Waals surface area contributed by atoms with Crippen LogP contribution in [0, 0.1) is 11.8 Å². The lowest BCUT2D eigenvalue weighted by atomic mass is 9.81. The molecule has 2 rings (SSSR count). The average Bonchev–Trinajstić information content (AvgIpc) is 2.44. The van der Waals surface area contributed by atoms with Crippen molar-refractivity contribution in [3.63, 3.8) is 0 Å². The first-order valence-electron chi connectivity index (χ1n) is 6.46. The molecule has 20 heavy (non-hydrogen) atoms. The maximum atomic E-state index is 12.2. The van der Waals surface area contributed by atoms with Crippen molar-refractivity contribution in [2.24, 2.45) is 11.8 Å². The second kappa shape index (κ2) is 6.46. The molecule has 6 heteroatoms. The van der Waals surface area contributed by atoms with Gasteiger partial charge in [0.1, 0.15) is 0 Å². The number of aliphatic carboxylic acids is 1. The molecular weight excluding hydrogens is 301 g/mol. The molecule has 1 aromatic rings. The number of halogens is 2. The van der Waals surface area contributed by atoms with Gasteiger partial charge in [-0.15, -0.1) is 0 Å². The quantitative estimate of drug-likeness (QED) is 0.891. The molecule has 1 aliphatic carbocycles. The molecule has 1 aromatic carbocycles. The monoisotopic (exact) mass is 315 g/mol. The molecule has 108 valence electrons. The van der Waals surface area contributed by atoms with Crippen LogP contribution in [0.3, 0.4) is 0 Å². The van der Waals surface area contributed by atoms with E-state index in [4.69, 9.17) is 28.3 Å². The molecule has 0 spiro atoms. The predicted octanol–water partition coefficient (Wildman–Crippen LogP) is 3.82. The van der Waals surface area contributed by atoms with Crippen molar-refractivity contribution in [2.45, 2.75) is 25.7 Å². The lowest BCUT2D eigenvalue weighted by Crippen LogP contribution is -2.31. The first kappa shape index (κ1) is 15.1. The van der Waals surface area contributed by atoms with E-state index in [0.29, 0.717) is 35.0 Å². The zero-order valence-electron chi connectivity index (χ0n) is 10.7. The Morgan fingerprint density at radius 2 is 1.90 bits per heavy atom. The van der Waals surface area contributed by atoms with E-state index in [-0.39, 0.29) is 11.8 Å². The molecule has 2 N–H and O–H groups in total. The first-order chi connectivity index (χ1) is 9.49. The molecule has 0 heterocycles. The standard InChI is InChI=1S/C14H15Cl2NO3/c15-10-5-2-6-11(12(10)16)17-13(18)8-3-1-4-9(7-8)14(19)20/h2,5-6,8-9H,1,3-4,7H2,(H,17,18)(H,19,20). The van der Waals surface area contributed by atoms with Crippen molar-refractivity contribution in [3.05, 3.63) is 28.2 Å². The van der Waals surface area contributed by atoms with Gasteiger partial charge in [-0.3, -0.25) is 9.59 Å². The summed E-state index contributed by atoms with van der Waals surface area (Å²) < 4.78 is 0. The van der Waals surface area contributed by atoms with E-state index in [0.717, 1.165) is 6.42 Å². The van der Waals surface area contributed by atoms with E-state index in [9.17, 15) is 9.59 Å². The number of hydrogen-bond donors (Lipinski definition) is 2. The highest BCUT2D eigenvalue weighted by atomic mass is 35.5. The van der Waals surface area contributed by atoms with Crippen LogP contribution in [0.25, 0.3) is 0 Å². The van der Waals surface area contributed by atoms with Gasteiger partial charge < -0.3 is 10.4 Å². The van der Waals surface area contributed by atoms with Crippen molar-refractivity contribution in [2.75, 3.05) is 5.32 Å². The van der Waals surface area contributed by atoms with Gasteiger partial charge in [0.05, 0.1) is 21.7 Å². The smallest absolute Gasteiger partial charge is 0.306 e. The third-order valence-corrected chi connectivity index (χ3v) is 4.42. The Hall–Kier alpha value is -1.26. The Morgan fingerprint density at radius 3 is 2.60 bits per heavy atom. The second-order valence-electron chi connectivity index (χ2n) is 4.99. The number of benzene rings is 1. The highest BCUT2D eigenvalue weighted by Crippen LogP contribution is 2.33. The fourth-order valence-electron chi connectivity index (χ4n) is 2.49. The highest BCUT2D eigenvalue weighted by Gasteiger charge is 2.31. The third kappa shape index (κ3) is 3.44. The average molecular weight is 316 g/mol. The minimum atomic E-state index is -0.830. The largest absolute Gasteiger partial charge is 0.481 e. The Kier molecular flexibility index (Phi) is 4.89. The molecule has 2 unspecified atom stereocenters. The molecule has 0 radical (unpaired) electrons. The summed E-state index contributed by atoms with van der Waals surface area (Å²) in [6.07, 6.45) is 2.46. The maximum Gasteiger partial charge on any atom is 0.306 e. The molecule has 1 aliphatic rings.